The molecule has 3 heteroatoms. The lowest BCUT2D eigenvalue weighted by molar-refractivity contribution is -0.197. The van der Waals surface area contributed by atoms with Crippen LogP contribution in [0.2, 0.25) is 0 Å². The van der Waals surface area contributed by atoms with Crippen molar-refractivity contribution in [3.8, 4) is 0 Å². The van der Waals surface area contributed by atoms with Crippen molar-refractivity contribution < 1.29 is 15.3 Å². The van der Waals surface area contributed by atoms with Gasteiger partial charge in [-0.25, -0.2) is 0 Å². The van der Waals surface area contributed by atoms with Gasteiger partial charge in [-0.1, -0.05) is 13.8 Å². The Balaban J connectivity index is 1.73. The highest BCUT2D eigenvalue weighted by Gasteiger charge is 2.67. The van der Waals surface area contributed by atoms with Gasteiger partial charge in [-0.05, 0) is 86.9 Å². The molecule has 0 saturated heterocycles. The van der Waals surface area contributed by atoms with Crippen molar-refractivity contribution in [1.82, 2.24) is 0 Å². The number of fused-ring (bicyclic) bond motifs is 3. The van der Waals surface area contributed by atoms with Crippen LogP contribution in [0.15, 0.2) is 0 Å². The van der Waals surface area contributed by atoms with Crippen LogP contribution < -0.4 is 0 Å². The molecule has 3 N–H and O–H groups in total. The van der Waals surface area contributed by atoms with Gasteiger partial charge in [0.25, 0.3) is 0 Å². The normalized spacial score (nSPS) is 61.8. The lowest BCUT2D eigenvalue weighted by atomic mass is 9.40. The van der Waals surface area contributed by atoms with Gasteiger partial charge in [-0.15, -0.1) is 0 Å². The summed E-state index contributed by atoms with van der Waals surface area (Å²) < 4.78 is 0. The van der Waals surface area contributed by atoms with Gasteiger partial charge in [0.2, 0.25) is 0 Å². The average Bonchev–Trinajstić information content (AvgIpc) is 2.68. The molecule has 23 heavy (non-hydrogen) atoms. The van der Waals surface area contributed by atoms with E-state index in [1.165, 1.54) is 19.3 Å². The summed E-state index contributed by atoms with van der Waals surface area (Å²) in [6.45, 7) is 6.70. The van der Waals surface area contributed by atoms with Crippen molar-refractivity contribution in [2.24, 2.45) is 34.0 Å². The number of aliphatic hydroxyl groups is 3. The number of hydrogen-bond donors (Lipinski definition) is 3. The molecule has 0 aliphatic heterocycles. The van der Waals surface area contributed by atoms with Crippen molar-refractivity contribution in [3.05, 3.63) is 0 Å². The Morgan fingerprint density at radius 1 is 0.957 bits per heavy atom. The molecule has 132 valence electrons. The summed E-state index contributed by atoms with van der Waals surface area (Å²) in [6.07, 6.45) is 8.34. The fraction of sp³-hybridized carbons (Fsp3) is 1.00. The average molecular weight is 322 g/mol. The van der Waals surface area contributed by atoms with Gasteiger partial charge < -0.3 is 15.3 Å². The van der Waals surface area contributed by atoms with E-state index in [4.69, 9.17) is 0 Å². The maximum absolute atomic E-state index is 10.9. The van der Waals surface area contributed by atoms with E-state index >= 15 is 0 Å². The van der Waals surface area contributed by atoms with E-state index in [1.807, 2.05) is 0 Å². The number of hydrogen-bond acceptors (Lipinski definition) is 3. The fourth-order valence-electron chi connectivity index (χ4n) is 8.05. The van der Waals surface area contributed by atoms with Crippen molar-refractivity contribution >= 4 is 0 Å². The molecule has 4 fully saturated rings. The zero-order valence-electron chi connectivity index (χ0n) is 15.0. The van der Waals surface area contributed by atoms with Crippen LogP contribution in [0.4, 0.5) is 0 Å². The maximum atomic E-state index is 10.9. The van der Waals surface area contributed by atoms with Crippen LogP contribution in [0.25, 0.3) is 0 Å². The Hall–Kier alpha value is -0.120. The minimum Gasteiger partial charge on any atom is -0.396 e. The standard InChI is InChI=1S/C20H34O3/c1-17-8-7-16(22)18(2,12-21)14(17)6-9-20-10-13(4-5-15(17)20)19(3,23)11-20/h13-16,21-23H,4-12H2,1-3H3/t13-,14+,15+,16-,17-,18+,19-,20+/m1/s1. The molecule has 0 aromatic rings. The Morgan fingerprint density at radius 2 is 1.70 bits per heavy atom. The molecule has 4 saturated carbocycles. The third-order valence-electron chi connectivity index (χ3n) is 9.16. The molecule has 8 atom stereocenters. The third-order valence-corrected chi connectivity index (χ3v) is 9.16. The van der Waals surface area contributed by atoms with Crippen molar-refractivity contribution in [2.45, 2.75) is 83.8 Å². The molecule has 4 aliphatic rings. The van der Waals surface area contributed by atoms with Gasteiger partial charge in [0.15, 0.2) is 0 Å². The Bertz CT molecular complexity index is 503. The first-order valence-electron chi connectivity index (χ1n) is 9.69. The highest BCUT2D eigenvalue weighted by molar-refractivity contribution is 5.17. The van der Waals surface area contributed by atoms with Crippen LogP contribution in [-0.2, 0) is 0 Å². The minimum atomic E-state index is -0.480. The summed E-state index contributed by atoms with van der Waals surface area (Å²) in [5, 5.41) is 31.6. The molecule has 2 bridgehead atoms. The lowest BCUT2D eigenvalue weighted by Gasteiger charge is -2.65. The van der Waals surface area contributed by atoms with E-state index < -0.39 is 5.60 Å². The zero-order valence-corrected chi connectivity index (χ0v) is 15.0. The predicted octanol–water partition coefficient (Wildman–Crippen LogP) is 3.11. The Morgan fingerprint density at radius 3 is 2.39 bits per heavy atom. The highest BCUT2D eigenvalue weighted by atomic mass is 16.3. The van der Waals surface area contributed by atoms with Gasteiger partial charge >= 0.3 is 0 Å². The second-order valence-electron chi connectivity index (χ2n) is 10.2. The van der Waals surface area contributed by atoms with Crippen LogP contribution in [0.1, 0.15) is 72.1 Å². The molecule has 0 radical (unpaired) electrons. The highest BCUT2D eigenvalue weighted by Crippen LogP contribution is 2.72. The van der Waals surface area contributed by atoms with Gasteiger partial charge in [0.05, 0.1) is 18.3 Å². The van der Waals surface area contributed by atoms with Crippen LogP contribution >= 0.6 is 0 Å². The summed E-state index contributed by atoms with van der Waals surface area (Å²) in [6, 6.07) is 0. The topological polar surface area (TPSA) is 60.7 Å². The molecular weight excluding hydrogens is 288 g/mol. The third kappa shape index (κ3) is 1.93. The van der Waals surface area contributed by atoms with E-state index in [-0.39, 0.29) is 23.5 Å². The summed E-state index contributed by atoms with van der Waals surface area (Å²) in [7, 11) is 0. The molecular formula is C20H34O3. The van der Waals surface area contributed by atoms with Gasteiger partial charge in [-0.2, -0.15) is 0 Å². The first kappa shape index (κ1) is 16.4. The van der Waals surface area contributed by atoms with Gasteiger partial charge in [0.1, 0.15) is 0 Å². The molecule has 0 heterocycles. The molecule has 0 unspecified atom stereocenters. The van der Waals surface area contributed by atoms with E-state index in [0.29, 0.717) is 23.2 Å². The molecule has 0 aromatic carbocycles. The summed E-state index contributed by atoms with van der Waals surface area (Å²) in [4.78, 5) is 0. The van der Waals surface area contributed by atoms with E-state index in [2.05, 4.69) is 20.8 Å². The quantitative estimate of drug-likeness (QED) is 0.695. The predicted molar refractivity (Wildman–Crippen MR) is 89.8 cm³/mol. The molecule has 4 aliphatic carbocycles. The van der Waals surface area contributed by atoms with E-state index in [9.17, 15) is 15.3 Å². The zero-order chi connectivity index (χ0) is 16.7. The molecule has 1 spiro atoms. The second-order valence-corrected chi connectivity index (χ2v) is 10.2. The van der Waals surface area contributed by atoms with Gasteiger partial charge in [-0.3, -0.25) is 0 Å². The van der Waals surface area contributed by atoms with E-state index in [1.54, 1.807) is 0 Å². The van der Waals surface area contributed by atoms with Gasteiger partial charge in [0, 0.05) is 5.41 Å². The number of rotatable bonds is 1. The molecule has 4 rings (SSSR count). The Kier molecular flexibility index (Phi) is 3.37. The molecule has 0 amide bonds. The SMILES string of the molecule is C[C@]1(CO)[C@H]2CC[C@@]34C[C@@H](CC[C@H]3[C@]2(C)CC[C@H]1O)[C@](C)(O)C4. The summed E-state index contributed by atoms with van der Waals surface area (Å²) in [5.74, 6) is 1.54. The van der Waals surface area contributed by atoms with E-state index in [0.717, 1.165) is 32.1 Å². The lowest BCUT2D eigenvalue weighted by Crippen LogP contribution is -2.61. The largest absolute Gasteiger partial charge is 0.396 e. The van der Waals surface area contributed by atoms with Crippen LogP contribution in [-0.4, -0.2) is 33.6 Å². The summed E-state index contributed by atoms with van der Waals surface area (Å²) >= 11 is 0. The van der Waals surface area contributed by atoms with Crippen molar-refractivity contribution in [2.75, 3.05) is 6.61 Å². The first-order chi connectivity index (χ1) is 10.7. The second kappa shape index (κ2) is 4.74. The monoisotopic (exact) mass is 322 g/mol. The van der Waals surface area contributed by atoms with Crippen LogP contribution in [0, 0.1) is 34.0 Å². The first-order valence-corrected chi connectivity index (χ1v) is 9.69. The number of aliphatic hydroxyl groups excluding tert-OH is 2. The minimum absolute atomic E-state index is 0.0917. The summed E-state index contributed by atoms with van der Waals surface area (Å²) in [5.41, 5.74) is -0.310. The Labute approximate surface area is 140 Å². The fourth-order valence-corrected chi connectivity index (χ4v) is 8.05. The van der Waals surface area contributed by atoms with Crippen LogP contribution in [0.3, 0.4) is 0 Å². The molecule has 0 aromatic heterocycles. The van der Waals surface area contributed by atoms with Crippen LogP contribution in [0.5, 0.6) is 0 Å². The maximum Gasteiger partial charge on any atom is 0.0653 e. The molecule has 3 nitrogen and oxygen atoms in total. The van der Waals surface area contributed by atoms with Crippen molar-refractivity contribution in [3.63, 3.8) is 0 Å². The van der Waals surface area contributed by atoms with Crippen molar-refractivity contribution in [1.29, 1.82) is 0 Å². The smallest absolute Gasteiger partial charge is 0.0653 e.